The van der Waals surface area contributed by atoms with Crippen LogP contribution in [0.2, 0.25) is 0 Å². The highest BCUT2D eigenvalue weighted by molar-refractivity contribution is 5.87. The van der Waals surface area contributed by atoms with Crippen molar-refractivity contribution in [1.82, 2.24) is 9.78 Å². The fourth-order valence-electron chi connectivity index (χ4n) is 0.932. The van der Waals surface area contributed by atoms with Gasteiger partial charge in [0, 0.05) is 12.4 Å². The molecule has 0 unspecified atom stereocenters. The number of hydrogen-bond donors (Lipinski definition) is 0. The Kier molecular flexibility index (Phi) is 3.91. The van der Waals surface area contributed by atoms with Crippen molar-refractivity contribution in [2.24, 2.45) is 0 Å². The summed E-state index contributed by atoms with van der Waals surface area (Å²) in [4.78, 5) is 11.3. The molecule has 76 valence electrons. The van der Waals surface area contributed by atoms with Gasteiger partial charge < -0.3 is 4.74 Å². The first-order valence-corrected chi connectivity index (χ1v) is 4.62. The summed E-state index contributed by atoms with van der Waals surface area (Å²) in [6, 6.07) is 1.61. The van der Waals surface area contributed by atoms with Gasteiger partial charge in [0.15, 0.2) is 5.69 Å². The lowest BCUT2D eigenvalue weighted by molar-refractivity contribution is 0.0492. The van der Waals surface area contributed by atoms with Crippen molar-refractivity contribution in [2.75, 3.05) is 6.61 Å². The van der Waals surface area contributed by atoms with E-state index in [1.54, 1.807) is 12.3 Å². The zero-order valence-corrected chi connectivity index (χ0v) is 8.27. The highest BCUT2D eigenvalue weighted by Crippen LogP contribution is 2.00. The Balaban J connectivity index is 2.47. The van der Waals surface area contributed by atoms with Gasteiger partial charge >= 0.3 is 5.97 Å². The third-order valence-corrected chi connectivity index (χ3v) is 1.74. The van der Waals surface area contributed by atoms with E-state index in [-0.39, 0.29) is 5.97 Å². The van der Waals surface area contributed by atoms with Gasteiger partial charge in [-0.3, -0.25) is 0 Å². The number of ether oxygens (including phenoxy) is 1. The molecule has 0 bridgehead atoms. The second kappa shape index (κ2) is 5.21. The molecule has 0 saturated carbocycles. The molecule has 4 heteroatoms. The Labute approximate surface area is 83.2 Å². The van der Waals surface area contributed by atoms with E-state index < -0.39 is 0 Å². The zero-order valence-electron chi connectivity index (χ0n) is 8.27. The molecule has 4 nitrogen and oxygen atoms in total. The molecule has 0 aliphatic rings. The Morgan fingerprint density at radius 2 is 2.57 bits per heavy atom. The van der Waals surface area contributed by atoms with E-state index in [9.17, 15) is 4.79 Å². The fraction of sp³-hybridized carbons (Fsp3) is 0.400. The van der Waals surface area contributed by atoms with Gasteiger partial charge in [-0.2, -0.15) is 5.10 Å². The lowest BCUT2D eigenvalue weighted by Crippen LogP contribution is -2.07. The molecule has 0 radical (unpaired) electrons. The first kappa shape index (κ1) is 10.5. The minimum absolute atomic E-state index is 0.320. The summed E-state index contributed by atoms with van der Waals surface area (Å²) in [6.45, 7) is 6.02. The number of hydrogen-bond acceptors (Lipinski definition) is 3. The number of carbonyl (C=O) groups is 1. The minimum Gasteiger partial charge on any atom is -0.461 e. The van der Waals surface area contributed by atoms with E-state index >= 15 is 0 Å². The maximum absolute atomic E-state index is 11.3. The van der Waals surface area contributed by atoms with Crippen molar-refractivity contribution in [3.05, 3.63) is 24.5 Å². The average molecular weight is 194 g/mol. The molecule has 0 N–H and O–H groups in total. The Hall–Kier alpha value is -1.58. The van der Waals surface area contributed by atoms with Gasteiger partial charge in [0.2, 0.25) is 0 Å². The van der Waals surface area contributed by atoms with Crippen LogP contribution in [0.25, 0.3) is 6.20 Å². The van der Waals surface area contributed by atoms with Crippen molar-refractivity contribution in [3.63, 3.8) is 0 Å². The quantitative estimate of drug-likeness (QED) is 0.531. The first-order chi connectivity index (χ1) is 6.77. The monoisotopic (exact) mass is 194 g/mol. The van der Waals surface area contributed by atoms with Crippen LogP contribution in [0, 0.1) is 0 Å². The second-order valence-electron chi connectivity index (χ2n) is 2.85. The largest absolute Gasteiger partial charge is 0.461 e. The molecule has 0 spiro atoms. The predicted octanol–water partition coefficient (Wildman–Crippen LogP) is 1.94. The van der Waals surface area contributed by atoms with Crippen molar-refractivity contribution >= 4 is 12.2 Å². The van der Waals surface area contributed by atoms with Crippen LogP contribution in [-0.4, -0.2) is 22.4 Å². The highest BCUT2D eigenvalue weighted by Gasteiger charge is 2.09. The van der Waals surface area contributed by atoms with Gasteiger partial charge in [0.25, 0.3) is 0 Å². The molecule has 1 rings (SSSR count). The molecule has 0 fully saturated rings. The lowest BCUT2D eigenvalue weighted by atomic mass is 10.4. The maximum Gasteiger partial charge on any atom is 0.358 e. The predicted molar refractivity (Wildman–Crippen MR) is 53.8 cm³/mol. The fourth-order valence-corrected chi connectivity index (χ4v) is 0.932. The van der Waals surface area contributed by atoms with E-state index in [0.29, 0.717) is 12.3 Å². The molecule has 14 heavy (non-hydrogen) atoms. The van der Waals surface area contributed by atoms with Crippen LogP contribution in [0.5, 0.6) is 0 Å². The summed E-state index contributed by atoms with van der Waals surface area (Å²) in [6.07, 6.45) is 5.06. The molecule has 1 aromatic heterocycles. The smallest absolute Gasteiger partial charge is 0.358 e. The maximum atomic E-state index is 11.3. The molecule has 0 amide bonds. The van der Waals surface area contributed by atoms with Crippen molar-refractivity contribution < 1.29 is 9.53 Å². The number of unbranched alkanes of at least 4 members (excludes halogenated alkanes) is 1. The molecule has 0 saturated heterocycles. The molecule has 1 heterocycles. The topological polar surface area (TPSA) is 44.1 Å². The lowest BCUT2D eigenvalue weighted by Gasteiger charge is -1.99. The molecule has 1 aromatic rings. The van der Waals surface area contributed by atoms with Crippen molar-refractivity contribution in [3.8, 4) is 0 Å². The summed E-state index contributed by atoms with van der Waals surface area (Å²) in [7, 11) is 0. The molecule has 0 atom stereocenters. The third-order valence-electron chi connectivity index (χ3n) is 1.74. The SMILES string of the molecule is C=Cn1ccc(C(=O)OCCCC)n1. The number of esters is 1. The van der Waals surface area contributed by atoms with E-state index in [1.165, 1.54) is 10.9 Å². The van der Waals surface area contributed by atoms with Gasteiger partial charge in [-0.05, 0) is 12.5 Å². The van der Waals surface area contributed by atoms with Gasteiger partial charge in [-0.15, -0.1) is 0 Å². The third kappa shape index (κ3) is 2.73. The van der Waals surface area contributed by atoms with Crippen molar-refractivity contribution in [1.29, 1.82) is 0 Å². The molecule has 0 aromatic carbocycles. The summed E-state index contributed by atoms with van der Waals surface area (Å²) >= 11 is 0. The highest BCUT2D eigenvalue weighted by atomic mass is 16.5. The number of rotatable bonds is 5. The van der Waals surface area contributed by atoms with Crippen LogP contribution in [0.3, 0.4) is 0 Å². The summed E-state index contributed by atoms with van der Waals surface area (Å²) in [5.74, 6) is -0.376. The zero-order chi connectivity index (χ0) is 10.4. The number of carbonyl (C=O) groups excluding carboxylic acids is 1. The van der Waals surface area contributed by atoms with E-state index in [1.807, 2.05) is 6.92 Å². The van der Waals surface area contributed by atoms with Crippen LogP contribution in [0.1, 0.15) is 30.3 Å². The van der Waals surface area contributed by atoms with Crippen LogP contribution in [0.4, 0.5) is 0 Å². The minimum atomic E-state index is -0.376. The van der Waals surface area contributed by atoms with Gasteiger partial charge in [-0.25, -0.2) is 9.48 Å². The molecular formula is C10H14N2O2. The second-order valence-corrected chi connectivity index (χ2v) is 2.85. The Morgan fingerprint density at radius 1 is 1.79 bits per heavy atom. The van der Waals surface area contributed by atoms with Crippen molar-refractivity contribution in [2.45, 2.75) is 19.8 Å². The average Bonchev–Trinajstić information content (AvgIpc) is 2.66. The number of aromatic nitrogens is 2. The van der Waals surface area contributed by atoms with Gasteiger partial charge in [-0.1, -0.05) is 19.9 Å². The van der Waals surface area contributed by atoms with Gasteiger partial charge in [0.05, 0.1) is 6.61 Å². The summed E-state index contributed by atoms with van der Waals surface area (Å²) < 4.78 is 6.45. The molecule has 0 aliphatic heterocycles. The normalized spacial score (nSPS) is 9.79. The molecular weight excluding hydrogens is 180 g/mol. The number of nitrogens with zero attached hydrogens (tertiary/aromatic N) is 2. The van der Waals surface area contributed by atoms with Crippen LogP contribution in [0.15, 0.2) is 18.8 Å². The van der Waals surface area contributed by atoms with Crippen LogP contribution in [-0.2, 0) is 4.74 Å². The van der Waals surface area contributed by atoms with Gasteiger partial charge in [0.1, 0.15) is 0 Å². The first-order valence-electron chi connectivity index (χ1n) is 4.62. The Bertz CT molecular complexity index is 318. The summed E-state index contributed by atoms with van der Waals surface area (Å²) in [5.41, 5.74) is 0.320. The van der Waals surface area contributed by atoms with E-state index in [4.69, 9.17) is 4.74 Å². The van der Waals surface area contributed by atoms with E-state index in [0.717, 1.165) is 12.8 Å². The summed E-state index contributed by atoms with van der Waals surface area (Å²) in [5, 5.41) is 3.93. The standard InChI is InChI=1S/C10H14N2O2/c1-3-5-8-14-10(13)9-6-7-12(4-2)11-9/h4,6-7H,2-3,5,8H2,1H3. The molecule has 0 aliphatic carbocycles. The Morgan fingerprint density at radius 3 is 3.14 bits per heavy atom. The van der Waals surface area contributed by atoms with Crippen LogP contribution < -0.4 is 0 Å². The van der Waals surface area contributed by atoms with E-state index in [2.05, 4.69) is 11.7 Å². The van der Waals surface area contributed by atoms with Crippen LogP contribution >= 0.6 is 0 Å².